The Morgan fingerprint density at radius 2 is 2.17 bits per heavy atom. The predicted molar refractivity (Wildman–Crippen MR) is 71.5 cm³/mol. The summed E-state index contributed by atoms with van der Waals surface area (Å²) in [7, 11) is 0. The van der Waals surface area contributed by atoms with Crippen LogP contribution in [0.25, 0.3) is 0 Å². The van der Waals surface area contributed by atoms with Gasteiger partial charge in [0, 0.05) is 32.1 Å². The Morgan fingerprint density at radius 3 is 2.83 bits per heavy atom. The molecule has 2 rings (SSSR count). The molecule has 1 aromatic rings. The van der Waals surface area contributed by atoms with Gasteiger partial charge in [-0.25, -0.2) is 0 Å². The van der Waals surface area contributed by atoms with E-state index in [-0.39, 0.29) is 12.7 Å². The van der Waals surface area contributed by atoms with Crippen molar-refractivity contribution in [3.63, 3.8) is 0 Å². The van der Waals surface area contributed by atoms with E-state index < -0.39 is 0 Å². The number of nitrogens with zero attached hydrogens (tertiary/aromatic N) is 1. The zero-order valence-corrected chi connectivity index (χ0v) is 10.7. The molecule has 0 saturated carbocycles. The monoisotopic (exact) mass is 250 g/mol. The van der Waals surface area contributed by atoms with E-state index in [0.29, 0.717) is 19.1 Å². The third kappa shape index (κ3) is 3.53. The number of aliphatic hydroxyl groups excluding tert-OH is 1. The lowest BCUT2D eigenvalue weighted by Crippen LogP contribution is -2.46. The van der Waals surface area contributed by atoms with Crippen LogP contribution in [0.3, 0.4) is 0 Å². The summed E-state index contributed by atoms with van der Waals surface area (Å²) in [6, 6.07) is 10.4. The Hall–Kier alpha value is -0.940. The van der Waals surface area contributed by atoms with E-state index in [9.17, 15) is 0 Å². The molecule has 0 amide bonds. The molecule has 3 N–H and O–H groups in total. The first-order chi connectivity index (χ1) is 8.83. The van der Waals surface area contributed by atoms with E-state index in [1.807, 2.05) is 18.2 Å². The van der Waals surface area contributed by atoms with Gasteiger partial charge in [0.25, 0.3) is 0 Å². The molecule has 0 aliphatic carbocycles. The Balaban J connectivity index is 1.94. The number of aliphatic hydroxyl groups is 1. The first-order valence-electron chi connectivity index (χ1n) is 6.53. The minimum Gasteiger partial charge on any atom is -0.394 e. The lowest BCUT2D eigenvalue weighted by Gasteiger charge is -2.34. The van der Waals surface area contributed by atoms with E-state index in [0.717, 1.165) is 19.6 Å². The summed E-state index contributed by atoms with van der Waals surface area (Å²) >= 11 is 0. The lowest BCUT2D eigenvalue weighted by molar-refractivity contribution is -0.0538. The van der Waals surface area contributed by atoms with Gasteiger partial charge in [-0.1, -0.05) is 30.3 Å². The summed E-state index contributed by atoms with van der Waals surface area (Å²) in [6.45, 7) is 4.07. The van der Waals surface area contributed by atoms with Gasteiger partial charge in [-0.05, 0) is 5.56 Å². The van der Waals surface area contributed by atoms with Gasteiger partial charge in [0.2, 0.25) is 0 Å². The average molecular weight is 250 g/mol. The Bertz CT molecular complexity index is 345. The lowest BCUT2D eigenvalue weighted by atomic mass is 9.98. The largest absolute Gasteiger partial charge is 0.394 e. The zero-order chi connectivity index (χ0) is 12.8. The second-order valence-corrected chi connectivity index (χ2v) is 4.78. The Morgan fingerprint density at radius 1 is 1.39 bits per heavy atom. The highest BCUT2D eigenvalue weighted by molar-refractivity contribution is 5.20. The molecule has 100 valence electrons. The molecule has 1 aliphatic heterocycles. The predicted octanol–water partition coefficient (Wildman–Crippen LogP) is 0.422. The van der Waals surface area contributed by atoms with E-state index in [2.05, 4.69) is 17.0 Å². The van der Waals surface area contributed by atoms with E-state index in [1.54, 1.807) is 0 Å². The second-order valence-electron chi connectivity index (χ2n) is 4.78. The van der Waals surface area contributed by atoms with Crippen molar-refractivity contribution in [1.82, 2.24) is 4.90 Å². The summed E-state index contributed by atoms with van der Waals surface area (Å²) in [6.07, 6.45) is -0.0482. The number of benzene rings is 1. The van der Waals surface area contributed by atoms with E-state index in [1.165, 1.54) is 5.56 Å². The fraction of sp³-hybridized carbons (Fsp3) is 0.571. The summed E-state index contributed by atoms with van der Waals surface area (Å²) < 4.78 is 5.46. The van der Waals surface area contributed by atoms with Gasteiger partial charge < -0.3 is 15.6 Å². The number of ether oxygens (including phenoxy) is 1. The van der Waals surface area contributed by atoms with Gasteiger partial charge in [-0.15, -0.1) is 0 Å². The summed E-state index contributed by atoms with van der Waals surface area (Å²) in [5, 5.41) is 9.14. The molecule has 1 aliphatic rings. The van der Waals surface area contributed by atoms with Crippen molar-refractivity contribution in [3.8, 4) is 0 Å². The van der Waals surface area contributed by atoms with Crippen molar-refractivity contribution in [2.24, 2.45) is 5.73 Å². The van der Waals surface area contributed by atoms with Crippen molar-refractivity contribution >= 4 is 0 Å². The highest BCUT2D eigenvalue weighted by Crippen LogP contribution is 2.17. The molecule has 4 heteroatoms. The van der Waals surface area contributed by atoms with Crippen LogP contribution in [0.2, 0.25) is 0 Å². The number of rotatable bonds is 5. The molecule has 4 nitrogen and oxygen atoms in total. The number of hydrogen-bond acceptors (Lipinski definition) is 4. The third-order valence-corrected chi connectivity index (χ3v) is 3.46. The summed E-state index contributed by atoms with van der Waals surface area (Å²) in [5.41, 5.74) is 7.17. The standard InChI is InChI=1S/C14H22N2O2/c15-8-13(12-4-2-1-3-5-12)9-16-6-7-18-14(10-16)11-17/h1-5,13-14,17H,6-11,15H2. The minimum absolute atomic E-state index is 0.0482. The number of morpholine rings is 1. The molecular weight excluding hydrogens is 228 g/mol. The molecule has 0 spiro atoms. The number of nitrogens with two attached hydrogens (primary N) is 1. The van der Waals surface area contributed by atoms with Crippen LogP contribution >= 0.6 is 0 Å². The molecule has 18 heavy (non-hydrogen) atoms. The molecule has 1 fully saturated rings. The fourth-order valence-electron chi connectivity index (χ4n) is 2.41. The van der Waals surface area contributed by atoms with E-state index in [4.69, 9.17) is 15.6 Å². The van der Waals surface area contributed by atoms with Crippen LogP contribution < -0.4 is 5.73 Å². The minimum atomic E-state index is -0.0482. The molecule has 0 bridgehead atoms. The third-order valence-electron chi connectivity index (χ3n) is 3.46. The van der Waals surface area contributed by atoms with Crippen molar-refractivity contribution in [2.45, 2.75) is 12.0 Å². The second kappa shape index (κ2) is 6.85. The van der Waals surface area contributed by atoms with Gasteiger partial charge in [0.1, 0.15) is 0 Å². The van der Waals surface area contributed by atoms with Crippen LogP contribution in [0.5, 0.6) is 0 Å². The van der Waals surface area contributed by atoms with Crippen molar-refractivity contribution in [3.05, 3.63) is 35.9 Å². The summed E-state index contributed by atoms with van der Waals surface area (Å²) in [4.78, 5) is 2.33. The molecule has 0 radical (unpaired) electrons. The van der Waals surface area contributed by atoms with Gasteiger partial charge in [0.05, 0.1) is 19.3 Å². The number of hydrogen-bond donors (Lipinski definition) is 2. The molecule has 2 unspecified atom stereocenters. The highest BCUT2D eigenvalue weighted by atomic mass is 16.5. The maximum absolute atomic E-state index is 9.14. The zero-order valence-electron chi connectivity index (χ0n) is 10.7. The van der Waals surface area contributed by atoms with Crippen LogP contribution in [0.4, 0.5) is 0 Å². The van der Waals surface area contributed by atoms with Crippen molar-refractivity contribution in [1.29, 1.82) is 0 Å². The maximum Gasteiger partial charge on any atom is 0.0932 e. The van der Waals surface area contributed by atoms with Crippen LogP contribution in [0, 0.1) is 0 Å². The van der Waals surface area contributed by atoms with Crippen LogP contribution in [-0.2, 0) is 4.74 Å². The normalized spacial score (nSPS) is 22.9. The molecule has 1 saturated heterocycles. The quantitative estimate of drug-likeness (QED) is 0.795. The topological polar surface area (TPSA) is 58.7 Å². The fourth-order valence-corrected chi connectivity index (χ4v) is 2.41. The Labute approximate surface area is 108 Å². The Kier molecular flexibility index (Phi) is 5.13. The maximum atomic E-state index is 9.14. The van der Waals surface area contributed by atoms with E-state index >= 15 is 0 Å². The van der Waals surface area contributed by atoms with Crippen molar-refractivity contribution < 1.29 is 9.84 Å². The summed E-state index contributed by atoms with van der Waals surface area (Å²) in [5.74, 6) is 0.351. The SMILES string of the molecule is NCC(CN1CCOC(CO)C1)c1ccccc1. The van der Waals surface area contributed by atoms with Crippen LogP contribution in [0.1, 0.15) is 11.5 Å². The highest BCUT2D eigenvalue weighted by Gasteiger charge is 2.22. The average Bonchev–Trinajstić information content (AvgIpc) is 2.46. The molecular formula is C14H22N2O2. The van der Waals surface area contributed by atoms with Gasteiger partial charge >= 0.3 is 0 Å². The van der Waals surface area contributed by atoms with Crippen LogP contribution in [-0.4, -0.2) is 55.5 Å². The van der Waals surface area contributed by atoms with Crippen LogP contribution in [0.15, 0.2) is 30.3 Å². The van der Waals surface area contributed by atoms with Gasteiger partial charge in [-0.2, -0.15) is 0 Å². The molecule has 0 aromatic heterocycles. The van der Waals surface area contributed by atoms with Gasteiger partial charge in [0.15, 0.2) is 0 Å². The smallest absolute Gasteiger partial charge is 0.0932 e. The molecule has 1 aromatic carbocycles. The molecule has 1 heterocycles. The van der Waals surface area contributed by atoms with Crippen molar-refractivity contribution in [2.75, 3.05) is 39.4 Å². The molecule has 2 atom stereocenters. The first-order valence-corrected chi connectivity index (χ1v) is 6.53. The van der Waals surface area contributed by atoms with Gasteiger partial charge in [-0.3, -0.25) is 4.90 Å². The first kappa shape index (κ1) is 13.5.